The molecule has 35 heavy (non-hydrogen) atoms. The minimum atomic E-state index is -0.146. The van der Waals surface area contributed by atoms with E-state index in [9.17, 15) is 9.59 Å². The van der Waals surface area contributed by atoms with Crippen LogP contribution in [0.5, 0.6) is 0 Å². The van der Waals surface area contributed by atoms with Crippen molar-refractivity contribution in [3.05, 3.63) is 81.8 Å². The normalized spacial score (nSPS) is 14.0. The Morgan fingerprint density at radius 3 is 2.17 bits per heavy atom. The van der Waals surface area contributed by atoms with Crippen molar-refractivity contribution < 1.29 is 9.59 Å². The molecule has 1 aliphatic rings. The molecule has 0 saturated carbocycles. The van der Waals surface area contributed by atoms with E-state index in [2.05, 4.69) is 38.1 Å². The van der Waals surface area contributed by atoms with Crippen molar-refractivity contribution in [2.24, 2.45) is 0 Å². The summed E-state index contributed by atoms with van der Waals surface area (Å²) in [6, 6.07) is 19.2. The van der Waals surface area contributed by atoms with Crippen LogP contribution in [0.4, 0.5) is 11.4 Å². The maximum absolute atomic E-state index is 12.9. The third kappa shape index (κ3) is 5.74. The van der Waals surface area contributed by atoms with Crippen LogP contribution in [-0.2, 0) is 0 Å². The molecular weight excluding hydrogens is 504 g/mol. The summed E-state index contributed by atoms with van der Waals surface area (Å²) in [7, 11) is 5.63. The number of hydrogen-bond acceptors (Lipinski definition) is 4. The molecule has 1 saturated heterocycles. The summed E-state index contributed by atoms with van der Waals surface area (Å²) >= 11 is 3.66. The Hall–Kier alpha value is -3.16. The maximum atomic E-state index is 12.9. The third-order valence-corrected chi connectivity index (χ3v) is 7.06. The molecule has 0 bridgehead atoms. The molecular formula is C28H31BrN4O2. The van der Waals surface area contributed by atoms with E-state index >= 15 is 0 Å². The highest BCUT2D eigenvalue weighted by atomic mass is 79.9. The van der Waals surface area contributed by atoms with E-state index in [0.717, 1.165) is 58.7 Å². The Kier molecular flexibility index (Phi) is 7.57. The first kappa shape index (κ1) is 24.9. The van der Waals surface area contributed by atoms with Gasteiger partial charge in [0.05, 0.1) is 5.69 Å². The molecule has 0 aromatic heterocycles. The number of halogens is 1. The van der Waals surface area contributed by atoms with E-state index in [1.165, 1.54) is 0 Å². The summed E-state index contributed by atoms with van der Waals surface area (Å²) in [6.45, 7) is 5.94. The number of likely N-dealkylation sites (N-methyl/N-ethyl adjacent to an activating group) is 1. The zero-order valence-electron chi connectivity index (χ0n) is 20.6. The summed E-state index contributed by atoms with van der Waals surface area (Å²) in [4.78, 5) is 31.4. The van der Waals surface area contributed by atoms with Crippen molar-refractivity contribution in [1.29, 1.82) is 0 Å². The smallest absolute Gasteiger partial charge is 0.255 e. The van der Waals surface area contributed by atoms with Crippen LogP contribution in [0.1, 0.15) is 26.3 Å². The molecule has 1 N–H and O–H groups in total. The second-order valence-electron chi connectivity index (χ2n) is 9.22. The Labute approximate surface area is 215 Å². The Balaban J connectivity index is 1.47. The lowest BCUT2D eigenvalue weighted by Gasteiger charge is -2.34. The third-order valence-electron chi connectivity index (χ3n) is 6.39. The number of carbonyl (C=O) groups is 2. The van der Waals surface area contributed by atoms with Gasteiger partial charge in [-0.2, -0.15) is 0 Å². The second-order valence-corrected chi connectivity index (χ2v) is 10.1. The lowest BCUT2D eigenvalue weighted by Crippen LogP contribution is -2.44. The molecule has 1 fully saturated rings. The van der Waals surface area contributed by atoms with Crippen molar-refractivity contribution in [3.63, 3.8) is 0 Å². The molecule has 0 spiro atoms. The van der Waals surface area contributed by atoms with E-state index < -0.39 is 0 Å². The Bertz CT molecular complexity index is 1230. The predicted octanol–water partition coefficient (Wildman–Crippen LogP) is 5.13. The lowest BCUT2D eigenvalue weighted by molar-refractivity contribution is 0.0827. The van der Waals surface area contributed by atoms with E-state index in [1.807, 2.05) is 67.6 Å². The molecule has 1 aliphatic heterocycles. The van der Waals surface area contributed by atoms with Crippen molar-refractivity contribution in [3.8, 4) is 11.1 Å². The number of aryl methyl sites for hydroxylation is 1. The quantitative estimate of drug-likeness (QED) is 0.492. The van der Waals surface area contributed by atoms with E-state index in [0.29, 0.717) is 11.1 Å². The van der Waals surface area contributed by atoms with Crippen LogP contribution in [0.2, 0.25) is 0 Å². The minimum absolute atomic E-state index is 0.0182. The molecule has 7 heteroatoms. The van der Waals surface area contributed by atoms with Crippen LogP contribution < -0.4 is 10.2 Å². The number of hydrogen-bond donors (Lipinski definition) is 1. The molecule has 0 unspecified atom stereocenters. The molecule has 182 valence electrons. The fourth-order valence-corrected chi connectivity index (χ4v) is 4.76. The van der Waals surface area contributed by atoms with Crippen molar-refractivity contribution in [1.82, 2.24) is 9.80 Å². The standard InChI is InChI=1S/C28H31BrN4O2/c1-19-17-22(28(35)31(2)3)9-11-24(19)20-5-7-21(8-6-20)27(34)30-23-10-12-25(29)26(18-23)33-15-13-32(4)14-16-33/h5-12,17-18H,13-16H2,1-4H3,(H,30,34). The highest BCUT2D eigenvalue weighted by Gasteiger charge is 2.18. The van der Waals surface area contributed by atoms with Gasteiger partial charge in [0, 0.05) is 61.6 Å². The number of anilines is 2. The Morgan fingerprint density at radius 1 is 0.886 bits per heavy atom. The molecule has 3 aromatic carbocycles. The number of amides is 2. The van der Waals surface area contributed by atoms with E-state index in [1.54, 1.807) is 19.0 Å². The van der Waals surface area contributed by atoms with Crippen LogP contribution >= 0.6 is 15.9 Å². The van der Waals surface area contributed by atoms with Gasteiger partial charge >= 0.3 is 0 Å². The van der Waals surface area contributed by atoms with Crippen LogP contribution in [-0.4, -0.2) is 68.9 Å². The fraction of sp³-hybridized carbons (Fsp3) is 0.286. The van der Waals surface area contributed by atoms with Gasteiger partial charge in [0.15, 0.2) is 0 Å². The molecule has 6 nitrogen and oxygen atoms in total. The van der Waals surface area contributed by atoms with Crippen LogP contribution in [0.3, 0.4) is 0 Å². The van der Waals surface area contributed by atoms with E-state index in [-0.39, 0.29) is 11.8 Å². The number of nitrogens with zero attached hydrogens (tertiary/aromatic N) is 3. The highest BCUT2D eigenvalue weighted by molar-refractivity contribution is 9.10. The van der Waals surface area contributed by atoms with Crippen LogP contribution in [0.25, 0.3) is 11.1 Å². The topological polar surface area (TPSA) is 55.9 Å². The van der Waals surface area contributed by atoms with Gasteiger partial charge in [-0.1, -0.05) is 18.2 Å². The van der Waals surface area contributed by atoms with Crippen molar-refractivity contribution in [2.75, 3.05) is 57.5 Å². The fourth-order valence-electron chi connectivity index (χ4n) is 4.26. The average molecular weight is 535 g/mol. The number of rotatable bonds is 5. The Morgan fingerprint density at radius 2 is 1.54 bits per heavy atom. The summed E-state index contributed by atoms with van der Waals surface area (Å²) in [5.74, 6) is -0.165. The lowest BCUT2D eigenvalue weighted by atomic mass is 9.97. The second kappa shape index (κ2) is 10.6. The number of benzene rings is 3. The zero-order chi connectivity index (χ0) is 25.1. The molecule has 1 heterocycles. The summed E-state index contributed by atoms with van der Waals surface area (Å²) in [6.07, 6.45) is 0. The number of carbonyl (C=O) groups excluding carboxylic acids is 2. The first-order chi connectivity index (χ1) is 16.7. The first-order valence-corrected chi connectivity index (χ1v) is 12.5. The monoisotopic (exact) mass is 534 g/mol. The van der Waals surface area contributed by atoms with Gasteiger partial charge in [-0.3, -0.25) is 9.59 Å². The SMILES string of the molecule is Cc1cc(C(=O)N(C)C)ccc1-c1ccc(C(=O)Nc2ccc(Br)c(N3CCN(C)CC3)c2)cc1. The molecule has 0 atom stereocenters. The summed E-state index contributed by atoms with van der Waals surface area (Å²) in [5.41, 5.74) is 6.18. The molecule has 4 rings (SSSR count). The average Bonchev–Trinajstić information content (AvgIpc) is 2.85. The summed E-state index contributed by atoms with van der Waals surface area (Å²) < 4.78 is 1.03. The van der Waals surface area contributed by atoms with Gasteiger partial charge in [-0.25, -0.2) is 0 Å². The minimum Gasteiger partial charge on any atom is -0.368 e. The van der Waals surface area contributed by atoms with Gasteiger partial charge in [0.25, 0.3) is 11.8 Å². The molecule has 0 radical (unpaired) electrons. The van der Waals surface area contributed by atoms with E-state index in [4.69, 9.17) is 0 Å². The summed E-state index contributed by atoms with van der Waals surface area (Å²) in [5, 5.41) is 3.04. The van der Waals surface area contributed by atoms with Crippen molar-refractivity contribution >= 4 is 39.1 Å². The van der Waals surface area contributed by atoms with Gasteiger partial charge < -0.3 is 20.0 Å². The zero-order valence-corrected chi connectivity index (χ0v) is 22.2. The van der Waals surface area contributed by atoms with Gasteiger partial charge in [0.2, 0.25) is 0 Å². The van der Waals surface area contributed by atoms with Gasteiger partial charge in [-0.05, 0) is 89.1 Å². The highest BCUT2D eigenvalue weighted by Crippen LogP contribution is 2.31. The predicted molar refractivity (Wildman–Crippen MR) is 146 cm³/mol. The van der Waals surface area contributed by atoms with Crippen molar-refractivity contribution in [2.45, 2.75) is 6.92 Å². The molecule has 0 aliphatic carbocycles. The molecule has 2 amide bonds. The molecule has 3 aromatic rings. The number of piperazine rings is 1. The largest absolute Gasteiger partial charge is 0.368 e. The number of nitrogens with one attached hydrogen (secondary N) is 1. The van der Waals surface area contributed by atoms with Gasteiger partial charge in [-0.15, -0.1) is 0 Å². The van der Waals surface area contributed by atoms with Gasteiger partial charge in [0.1, 0.15) is 0 Å². The van der Waals surface area contributed by atoms with Crippen LogP contribution in [0.15, 0.2) is 65.1 Å². The first-order valence-electron chi connectivity index (χ1n) is 11.7. The van der Waals surface area contributed by atoms with Crippen LogP contribution in [0, 0.1) is 6.92 Å². The maximum Gasteiger partial charge on any atom is 0.255 e.